The van der Waals surface area contributed by atoms with Crippen LogP contribution in [-0.4, -0.2) is 46.3 Å². The number of carbonyl (C=O) groups excluding carboxylic acids is 1. The Labute approximate surface area is 177 Å². The van der Waals surface area contributed by atoms with Crippen molar-refractivity contribution >= 4 is 29.5 Å². The van der Waals surface area contributed by atoms with E-state index in [0.717, 1.165) is 16.9 Å². The molecule has 1 atom stereocenters. The number of methoxy groups -OCH3 is 2. The lowest BCUT2D eigenvalue weighted by Crippen LogP contribution is -2.40. The summed E-state index contributed by atoms with van der Waals surface area (Å²) in [6.07, 6.45) is 0.767. The molecule has 2 aromatic heterocycles. The number of hydrogen-bond donors (Lipinski definition) is 1. The van der Waals surface area contributed by atoms with Gasteiger partial charge in [-0.2, -0.15) is 5.10 Å². The molecule has 9 heteroatoms. The maximum atomic E-state index is 13.3. The van der Waals surface area contributed by atoms with E-state index in [1.807, 2.05) is 41.5 Å². The fourth-order valence-corrected chi connectivity index (χ4v) is 4.69. The first kappa shape index (κ1) is 19.7. The molecule has 1 N–H and O–H groups in total. The third kappa shape index (κ3) is 3.56. The number of carbonyl (C=O) groups is 1. The van der Waals surface area contributed by atoms with E-state index in [4.69, 9.17) is 21.7 Å². The zero-order valence-electron chi connectivity index (χ0n) is 16.5. The number of nitrogens with zero attached hydrogens (tertiary/aromatic N) is 3. The van der Waals surface area contributed by atoms with Crippen LogP contribution in [0.2, 0.25) is 0 Å². The lowest BCUT2D eigenvalue weighted by atomic mass is 9.98. The minimum atomic E-state index is -0.458. The number of aromatic nitrogens is 3. The molecule has 1 aliphatic rings. The lowest BCUT2D eigenvalue weighted by molar-refractivity contribution is -0.135. The van der Waals surface area contributed by atoms with E-state index < -0.39 is 6.04 Å². The molecule has 7 nitrogen and oxygen atoms in total. The number of aromatic amines is 1. The van der Waals surface area contributed by atoms with Crippen LogP contribution >= 0.6 is 23.6 Å². The summed E-state index contributed by atoms with van der Waals surface area (Å²) in [6, 6.07) is 7.43. The molecule has 1 aliphatic heterocycles. The standard InChI is InChI=1S/C20H22N4O3S2/c1-12(24-18(21-22-20(24)28)17-5-4-8-29-17)19(25)23-7-6-13-9-15(26-2)16(27-3)10-14(13)11-23/h4-5,8-10,12H,6-7,11H2,1-3H3,(H,22,28). The Morgan fingerprint density at radius 2 is 2.00 bits per heavy atom. The van der Waals surface area contributed by atoms with E-state index in [1.165, 1.54) is 5.56 Å². The van der Waals surface area contributed by atoms with E-state index in [0.29, 0.717) is 35.2 Å². The molecule has 152 valence electrons. The maximum Gasteiger partial charge on any atom is 0.245 e. The average Bonchev–Trinajstić information content (AvgIpc) is 3.40. The molecule has 1 aromatic carbocycles. The molecule has 0 saturated carbocycles. The summed E-state index contributed by atoms with van der Waals surface area (Å²) in [7, 11) is 3.25. The Kier molecular flexibility index (Phi) is 5.42. The second kappa shape index (κ2) is 8.00. The van der Waals surface area contributed by atoms with Crippen LogP contribution in [0.3, 0.4) is 0 Å². The van der Waals surface area contributed by atoms with Gasteiger partial charge in [-0.25, -0.2) is 0 Å². The fourth-order valence-electron chi connectivity index (χ4n) is 3.69. The summed E-state index contributed by atoms with van der Waals surface area (Å²) >= 11 is 6.98. The van der Waals surface area contributed by atoms with Crippen molar-refractivity contribution in [3.63, 3.8) is 0 Å². The van der Waals surface area contributed by atoms with Gasteiger partial charge in [-0.05, 0) is 60.3 Å². The van der Waals surface area contributed by atoms with E-state index in [-0.39, 0.29) is 5.91 Å². The normalized spacial score (nSPS) is 14.4. The van der Waals surface area contributed by atoms with Crippen molar-refractivity contribution in [2.75, 3.05) is 20.8 Å². The summed E-state index contributed by atoms with van der Waals surface area (Å²) in [5.74, 6) is 2.09. The Bertz CT molecular complexity index is 1090. The number of fused-ring (bicyclic) bond motifs is 1. The minimum absolute atomic E-state index is 0.0146. The summed E-state index contributed by atoms with van der Waals surface area (Å²) < 4.78 is 13.1. The zero-order valence-corrected chi connectivity index (χ0v) is 18.1. The van der Waals surface area contributed by atoms with Crippen LogP contribution < -0.4 is 9.47 Å². The highest BCUT2D eigenvalue weighted by molar-refractivity contribution is 7.71. The van der Waals surface area contributed by atoms with Crippen molar-refractivity contribution in [2.24, 2.45) is 0 Å². The molecule has 0 fully saturated rings. The summed E-state index contributed by atoms with van der Waals surface area (Å²) in [6.45, 7) is 3.04. The van der Waals surface area contributed by atoms with Gasteiger partial charge in [0.25, 0.3) is 0 Å². The van der Waals surface area contributed by atoms with Crippen LogP contribution in [0, 0.1) is 4.77 Å². The van der Waals surface area contributed by atoms with Gasteiger partial charge in [0.2, 0.25) is 5.91 Å². The highest BCUT2D eigenvalue weighted by Crippen LogP contribution is 2.34. The van der Waals surface area contributed by atoms with Crippen molar-refractivity contribution in [1.82, 2.24) is 19.7 Å². The fraction of sp³-hybridized carbons (Fsp3) is 0.350. The lowest BCUT2D eigenvalue weighted by Gasteiger charge is -2.32. The van der Waals surface area contributed by atoms with Crippen molar-refractivity contribution in [3.05, 3.63) is 45.5 Å². The SMILES string of the molecule is COc1cc2c(cc1OC)CN(C(=O)C(C)n1c(-c3cccs3)n[nH]c1=S)CC2. The van der Waals surface area contributed by atoms with Gasteiger partial charge in [0.05, 0.1) is 19.1 Å². The molecule has 29 heavy (non-hydrogen) atoms. The van der Waals surface area contributed by atoms with Crippen LogP contribution in [0.15, 0.2) is 29.6 Å². The van der Waals surface area contributed by atoms with Gasteiger partial charge in [0, 0.05) is 13.1 Å². The van der Waals surface area contributed by atoms with Gasteiger partial charge in [-0.15, -0.1) is 11.3 Å². The first-order valence-electron chi connectivity index (χ1n) is 9.26. The van der Waals surface area contributed by atoms with Gasteiger partial charge in [-0.1, -0.05) is 6.07 Å². The highest BCUT2D eigenvalue weighted by atomic mass is 32.1. The maximum absolute atomic E-state index is 13.3. The largest absolute Gasteiger partial charge is 0.493 e. The van der Waals surface area contributed by atoms with Gasteiger partial charge in [-0.3, -0.25) is 14.5 Å². The number of H-pyrrole nitrogens is 1. The first-order valence-corrected chi connectivity index (χ1v) is 10.6. The molecule has 1 amide bonds. The van der Waals surface area contributed by atoms with Gasteiger partial charge >= 0.3 is 0 Å². The first-order chi connectivity index (χ1) is 14.0. The van der Waals surface area contributed by atoms with Crippen LogP contribution in [0.1, 0.15) is 24.1 Å². The Balaban J connectivity index is 1.61. The molecular formula is C20H22N4O3S2. The molecule has 0 radical (unpaired) electrons. The predicted octanol–water partition coefficient (Wildman–Crippen LogP) is 3.83. The molecule has 0 saturated heterocycles. The number of hydrogen-bond acceptors (Lipinski definition) is 6. The van der Waals surface area contributed by atoms with Crippen LogP contribution in [-0.2, 0) is 17.8 Å². The topological polar surface area (TPSA) is 72.4 Å². The van der Waals surface area contributed by atoms with Crippen LogP contribution in [0.4, 0.5) is 0 Å². The Hall–Kier alpha value is -2.65. The molecule has 0 bridgehead atoms. The van der Waals surface area contributed by atoms with Crippen molar-refractivity contribution < 1.29 is 14.3 Å². The summed E-state index contributed by atoms with van der Waals surface area (Å²) in [5.41, 5.74) is 2.25. The minimum Gasteiger partial charge on any atom is -0.493 e. The molecule has 3 heterocycles. The summed E-state index contributed by atoms with van der Waals surface area (Å²) in [5, 5.41) is 9.15. The van der Waals surface area contributed by atoms with Gasteiger partial charge in [0.15, 0.2) is 22.1 Å². The number of ether oxygens (including phenoxy) is 2. The van der Waals surface area contributed by atoms with E-state index >= 15 is 0 Å². The van der Waals surface area contributed by atoms with Crippen molar-refractivity contribution in [1.29, 1.82) is 0 Å². The average molecular weight is 431 g/mol. The predicted molar refractivity (Wildman–Crippen MR) is 114 cm³/mol. The van der Waals surface area contributed by atoms with Gasteiger partial charge < -0.3 is 14.4 Å². The Morgan fingerprint density at radius 1 is 1.28 bits per heavy atom. The van der Waals surface area contributed by atoms with Crippen LogP contribution in [0.25, 0.3) is 10.7 Å². The van der Waals surface area contributed by atoms with E-state index in [9.17, 15) is 4.79 Å². The van der Waals surface area contributed by atoms with Crippen LogP contribution in [0.5, 0.6) is 11.5 Å². The second-order valence-corrected chi connectivity index (χ2v) is 8.20. The number of amides is 1. The van der Waals surface area contributed by atoms with E-state index in [2.05, 4.69) is 10.2 Å². The third-order valence-corrected chi connectivity index (χ3v) is 6.37. The molecule has 3 aromatic rings. The van der Waals surface area contributed by atoms with E-state index in [1.54, 1.807) is 30.1 Å². The zero-order chi connectivity index (χ0) is 20.5. The molecule has 4 rings (SSSR count). The second-order valence-electron chi connectivity index (χ2n) is 6.86. The molecule has 0 aliphatic carbocycles. The summed E-state index contributed by atoms with van der Waals surface area (Å²) in [4.78, 5) is 16.2. The molecule has 0 spiro atoms. The third-order valence-electron chi connectivity index (χ3n) is 5.22. The van der Waals surface area contributed by atoms with Gasteiger partial charge in [0.1, 0.15) is 6.04 Å². The molecular weight excluding hydrogens is 408 g/mol. The van der Waals surface area contributed by atoms with Crippen molar-refractivity contribution in [2.45, 2.75) is 25.9 Å². The quantitative estimate of drug-likeness (QED) is 0.623. The number of benzene rings is 1. The number of nitrogens with one attached hydrogen (secondary N) is 1. The monoisotopic (exact) mass is 430 g/mol. The number of rotatable bonds is 5. The molecule has 1 unspecified atom stereocenters. The number of thiophene rings is 1. The smallest absolute Gasteiger partial charge is 0.245 e. The Morgan fingerprint density at radius 3 is 2.66 bits per heavy atom. The highest BCUT2D eigenvalue weighted by Gasteiger charge is 2.29. The van der Waals surface area contributed by atoms with Crippen molar-refractivity contribution in [3.8, 4) is 22.2 Å².